The summed E-state index contributed by atoms with van der Waals surface area (Å²) in [5.74, 6) is -0.238. The predicted octanol–water partition coefficient (Wildman–Crippen LogP) is 3.69. The molecule has 0 aliphatic heterocycles. The van der Waals surface area contributed by atoms with Gasteiger partial charge in [-0.05, 0) is 44.1 Å². The molecule has 2 aromatic heterocycles. The first-order valence-electron chi connectivity index (χ1n) is 8.51. The van der Waals surface area contributed by atoms with E-state index in [0.29, 0.717) is 18.2 Å². The Morgan fingerprint density at radius 1 is 1.38 bits per heavy atom. The molecule has 0 saturated carbocycles. The Bertz CT molecular complexity index is 797. The Kier molecular flexibility index (Phi) is 5.61. The molecule has 2 aromatic rings. The lowest BCUT2D eigenvalue weighted by Gasteiger charge is -2.12. The van der Waals surface area contributed by atoms with Crippen LogP contribution in [-0.4, -0.2) is 27.8 Å². The molecule has 1 aliphatic carbocycles. The quantitative estimate of drug-likeness (QED) is 0.480. The largest absolute Gasteiger partial charge is 0.465 e. The van der Waals surface area contributed by atoms with Crippen molar-refractivity contribution in [1.29, 1.82) is 0 Å². The van der Waals surface area contributed by atoms with Gasteiger partial charge in [0.1, 0.15) is 10.1 Å². The van der Waals surface area contributed by atoms with Gasteiger partial charge >= 0.3 is 5.97 Å². The molecule has 0 fully saturated rings. The van der Waals surface area contributed by atoms with Crippen LogP contribution in [0.2, 0.25) is 0 Å². The third-order valence-corrected chi connectivity index (χ3v) is 6.55. The number of carbonyl (C=O) groups is 1. The van der Waals surface area contributed by atoms with Crippen molar-refractivity contribution in [2.24, 2.45) is 0 Å². The van der Waals surface area contributed by atoms with Crippen LogP contribution in [0.15, 0.2) is 9.95 Å². The summed E-state index contributed by atoms with van der Waals surface area (Å²) in [5, 5.41) is 0.916. The Morgan fingerprint density at radius 2 is 2.17 bits per heavy atom. The summed E-state index contributed by atoms with van der Waals surface area (Å²) in [6, 6.07) is 0. The number of thioether (sulfide) groups is 1. The third kappa shape index (κ3) is 3.52. The number of H-pyrrole nitrogens is 1. The van der Waals surface area contributed by atoms with Crippen molar-refractivity contribution < 1.29 is 9.53 Å². The van der Waals surface area contributed by atoms with Gasteiger partial charge in [-0.25, -0.2) is 4.98 Å². The van der Waals surface area contributed by atoms with Crippen LogP contribution in [0, 0.1) is 0 Å². The molecular formula is C17H22N2O3S2. The van der Waals surface area contributed by atoms with Gasteiger partial charge in [-0.2, -0.15) is 0 Å². The number of carbonyl (C=O) groups excluding carboxylic acids is 1. The summed E-state index contributed by atoms with van der Waals surface area (Å²) < 4.78 is 5.22. The van der Waals surface area contributed by atoms with Crippen molar-refractivity contribution in [3.05, 3.63) is 20.8 Å². The van der Waals surface area contributed by atoms with Crippen molar-refractivity contribution in [2.45, 2.75) is 62.8 Å². The van der Waals surface area contributed by atoms with Crippen LogP contribution >= 0.6 is 23.1 Å². The highest BCUT2D eigenvalue weighted by Gasteiger charge is 2.23. The van der Waals surface area contributed by atoms with Crippen molar-refractivity contribution in [1.82, 2.24) is 9.97 Å². The maximum Gasteiger partial charge on any atom is 0.319 e. The number of aromatic nitrogens is 2. The zero-order valence-corrected chi connectivity index (χ0v) is 15.6. The molecule has 7 heteroatoms. The normalized spacial score (nSPS) is 15.2. The maximum absolute atomic E-state index is 12.5. The van der Waals surface area contributed by atoms with Gasteiger partial charge in [0.05, 0.1) is 12.0 Å². The van der Waals surface area contributed by atoms with Gasteiger partial charge < -0.3 is 9.72 Å². The van der Waals surface area contributed by atoms with E-state index in [4.69, 9.17) is 4.74 Å². The first-order valence-corrected chi connectivity index (χ1v) is 10.2. The highest BCUT2D eigenvalue weighted by Crippen LogP contribution is 2.34. The van der Waals surface area contributed by atoms with Gasteiger partial charge in [0.25, 0.3) is 5.56 Å². The van der Waals surface area contributed by atoms with E-state index in [1.807, 2.05) is 13.8 Å². The van der Waals surface area contributed by atoms with Crippen molar-refractivity contribution in [3.8, 4) is 0 Å². The molecule has 24 heavy (non-hydrogen) atoms. The monoisotopic (exact) mass is 366 g/mol. The molecule has 3 rings (SSSR count). The zero-order chi connectivity index (χ0) is 17.1. The van der Waals surface area contributed by atoms with Crippen LogP contribution < -0.4 is 5.56 Å². The molecule has 0 radical (unpaired) electrons. The number of nitrogens with zero attached hydrogens (tertiary/aromatic N) is 1. The number of hydrogen-bond donors (Lipinski definition) is 1. The molecule has 1 N–H and O–H groups in total. The molecule has 0 aromatic carbocycles. The Balaban J connectivity index is 1.87. The summed E-state index contributed by atoms with van der Waals surface area (Å²) in [7, 11) is 0. The van der Waals surface area contributed by atoms with Gasteiger partial charge in [-0.3, -0.25) is 9.59 Å². The molecule has 0 unspecified atom stereocenters. The van der Waals surface area contributed by atoms with Crippen molar-refractivity contribution in [3.63, 3.8) is 0 Å². The number of thiophene rings is 1. The van der Waals surface area contributed by atoms with Crippen LogP contribution in [0.3, 0.4) is 0 Å². The van der Waals surface area contributed by atoms with E-state index in [-0.39, 0.29) is 16.8 Å². The fourth-order valence-corrected chi connectivity index (χ4v) is 5.14. The minimum Gasteiger partial charge on any atom is -0.465 e. The van der Waals surface area contributed by atoms with Crippen LogP contribution in [0.25, 0.3) is 10.2 Å². The van der Waals surface area contributed by atoms with E-state index in [1.54, 1.807) is 11.3 Å². The molecule has 5 nitrogen and oxygen atoms in total. The fraction of sp³-hybridized carbons (Fsp3) is 0.588. The lowest BCUT2D eigenvalue weighted by molar-refractivity contribution is -0.143. The number of esters is 1. The van der Waals surface area contributed by atoms with Crippen molar-refractivity contribution in [2.75, 3.05) is 6.61 Å². The van der Waals surface area contributed by atoms with Crippen LogP contribution in [0.1, 0.15) is 50.0 Å². The molecule has 0 spiro atoms. The predicted molar refractivity (Wildman–Crippen MR) is 98.1 cm³/mol. The Labute approximate surface area is 149 Å². The standard InChI is InChI=1S/C17H22N2O3S2/c1-3-9-22-16(21)11(4-2)24-17-18-14(20)13-10-7-5-6-8-12(10)23-15(13)19-17/h11H,3-9H2,1-2H3,(H,18,19,20)/t11-/m1/s1. The van der Waals surface area contributed by atoms with Gasteiger partial charge in [-0.1, -0.05) is 25.6 Å². The number of aryl methyl sites for hydroxylation is 2. The van der Waals surface area contributed by atoms with E-state index < -0.39 is 0 Å². The minimum absolute atomic E-state index is 0.0846. The molecular weight excluding hydrogens is 344 g/mol. The Hall–Kier alpha value is -1.34. The lowest BCUT2D eigenvalue weighted by Crippen LogP contribution is -2.21. The molecule has 1 atom stereocenters. The number of aromatic amines is 1. The Morgan fingerprint density at radius 3 is 2.92 bits per heavy atom. The number of hydrogen-bond acceptors (Lipinski definition) is 6. The lowest BCUT2D eigenvalue weighted by atomic mass is 9.97. The zero-order valence-electron chi connectivity index (χ0n) is 14.0. The second kappa shape index (κ2) is 7.70. The summed E-state index contributed by atoms with van der Waals surface area (Å²) in [6.45, 7) is 4.33. The minimum atomic E-state index is -0.341. The van der Waals surface area contributed by atoms with Gasteiger partial charge in [0.15, 0.2) is 5.16 Å². The molecule has 2 heterocycles. The van der Waals surface area contributed by atoms with Crippen LogP contribution in [0.5, 0.6) is 0 Å². The van der Waals surface area contributed by atoms with E-state index in [2.05, 4.69) is 9.97 Å². The molecule has 130 valence electrons. The average molecular weight is 367 g/mol. The van der Waals surface area contributed by atoms with Crippen molar-refractivity contribution >= 4 is 39.3 Å². The van der Waals surface area contributed by atoms with E-state index >= 15 is 0 Å². The number of nitrogens with one attached hydrogen (secondary N) is 1. The van der Waals surface area contributed by atoms with E-state index in [9.17, 15) is 9.59 Å². The molecule has 0 amide bonds. The highest BCUT2D eigenvalue weighted by atomic mass is 32.2. The highest BCUT2D eigenvalue weighted by molar-refractivity contribution is 8.00. The number of rotatable bonds is 6. The topological polar surface area (TPSA) is 72.0 Å². The maximum atomic E-state index is 12.5. The first-order chi connectivity index (χ1) is 11.6. The van der Waals surface area contributed by atoms with Crippen LogP contribution in [-0.2, 0) is 22.4 Å². The summed E-state index contributed by atoms with van der Waals surface area (Å²) in [6.07, 6.45) is 5.76. The summed E-state index contributed by atoms with van der Waals surface area (Å²) in [5.41, 5.74) is 1.10. The molecule has 0 bridgehead atoms. The van der Waals surface area contributed by atoms with Crippen LogP contribution in [0.4, 0.5) is 0 Å². The van der Waals surface area contributed by atoms with Gasteiger partial charge in [0.2, 0.25) is 0 Å². The first kappa shape index (κ1) is 17.5. The second-order valence-corrected chi connectivity index (χ2v) is 8.22. The SMILES string of the molecule is CCCOC(=O)[C@@H](CC)Sc1nc2sc3c(c2c(=O)[nH]1)CCCC3. The molecule has 1 aliphatic rings. The summed E-state index contributed by atoms with van der Waals surface area (Å²) >= 11 is 2.91. The van der Waals surface area contributed by atoms with Gasteiger partial charge in [-0.15, -0.1) is 11.3 Å². The average Bonchev–Trinajstić information content (AvgIpc) is 2.96. The number of ether oxygens (including phenoxy) is 1. The smallest absolute Gasteiger partial charge is 0.319 e. The number of fused-ring (bicyclic) bond motifs is 3. The molecule has 0 saturated heterocycles. The third-order valence-electron chi connectivity index (χ3n) is 4.14. The fourth-order valence-electron chi connectivity index (χ4n) is 2.93. The van der Waals surface area contributed by atoms with E-state index in [1.165, 1.54) is 28.6 Å². The van der Waals surface area contributed by atoms with Gasteiger partial charge in [0, 0.05) is 4.88 Å². The van der Waals surface area contributed by atoms with E-state index in [0.717, 1.165) is 35.9 Å². The summed E-state index contributed by atoms with van der Waals surface area (Å²) in [4.78, 5) is 34.2. The second-order valence-electron chi connectivity index (χ2n) is 5.94.